The van der Waals surface area contributed by atoms with Crippen molar-refractivity contribution in [3.8, 4) is 0 Å². The summed E-state index contributed by atoms with van der Waals surface area (Å²) in [5.74, 6) is -1.45. The van der Waals surface area contributed by atoms with Gasteiger partial charge in [-0.05, 0) is 50.1 Å². The number of sulfonamides is 1. The average molecular weight is 482 g/mol. The molecular formula is C21H28FN5O5S. The van der Waals surface area contributed by atoms with Crippen LogP contribution in [-0.2, 0) is 19.6 Å². The van der Waals surface area contributed by atoms with Crippen LogP contribution in [0.3, 0.4) is 0 Å². The van der Waals surface area contributed by atoms with Gasteiger partial charge in [-0.3, -0.25) is 19.9 Å². The Kier molecular flexibility index (Phi) is 6.68. The zero-order chi connectivity index (χ0) is 23.6. The quantitative estimate of drug-likeness (QED) is 0.601. The summed E-state index contributed by atoms with van der Waals surface area (Å²) >= 11 is 0. The fourth-order valence-corrected chi connectivity index (χ4v) is 6.15. The number of hydrogen-bond acceptors (Lipinski definition) is 6. The average Bonchev–Trinajstić information content (AvgIpc) is 2.95. The lowest BCUT2D eigenvalue weighted by atomic mass is 9.82. The van der Waals surface area contributed by atoms with Crippen LogP contribution >= 0.6 is 0 Å². The molecule has 1 aromatic rings. The lowest BCUT2D eigenvalue weighted by Crippen LogP contribution is -2.52. The van der Waals surface area contributed by atoms with E-state index in [9.17, 15) is 27.2 Å². The Bertz CT molecular complexity index is 1030. The highest BCUT2D eigenvalue weighted by Crippen LogP contribution is 2.33. The van der Waals surface area contributed by atoms with Crippen LogP contribution in [0.1, 0.15) is 38.5 Å². The summed E-state index contributed by atoms with van der Waals surface area (Å²) in [6.45, 7) is 1.14. The highest BCUT2D eigenvalue weighted by atomic mass is 32.2. The zero-order valence-electron chi connectivity index (χ0n) is 18.3. The molecule has 1 spiro atoms. The molecule has 0 atom stereocenters. The normalized spacial score (nSPS) is 22.3. The maximum Gasteiger partial charge on any atom is 0.344 e. The van der Waals surface area contributed by atoms with E-state index in [2.05, 4.69) is 10.7 Å². The van der Waals surface area contributed by atoms with Crippen molar-refractivity contribution in [2.24, 2.45) is 0 Å². The van der Waals surface area contributed by atoms with Gasteiger partial charge in [-0.25, -0.2) is 17.6 Å². The van der Waals surface area contributed by atoms with Crippen LogP contribution in [0, 0.1) is 5.82 Å². The molecule has 180 valence electrons. The molecule has 0 bridgehead atoms. The highest BCUT2D eigenvalue weighted by molar-refractivity contribution is 7.89. The van der Waals surface area contributed by atoms with Gasteiger partial charge in [0.05, 0.1) is 11.4 Å². The summed E-state index contributed by atoms with van der Waals surface area (Å²) in [6, 6.07) is 4.06. The Morgan fingerprint density at radius 2 is 1.70 bits per heavy atom. The first kappa shape index (κ1) is 23.6. The number of nitrogens with zero attached hydrogens (tertiary/aromatic N) is 3. The van der Waals surface area contributed by atoms with Gasteiger partial charge in [-0.1, -0.05) is 19.3 Å². The number of amides is 4. The van der Waals surface area contributed by atoms with E-state index in [0.717, 1.165) is 36.4 Å². The Hall–Kier alpha value is -2.57. The fraction of sp³-hybridized carbons (Fsp3) is 0.571. The van der Waals surface area contributed by atoms with E-state index in [4.69, 9.17) is 0 Å². The molecule has 12 heteroatoms. The van der Waals surface area contributed by atoms with Gasteiger partial charge in [0.2, 0.25) is 10.0 Å². The molecule has 0 unspecified atom stereocenters. The second kappa shape index (κ2) is 9.35. The van der Waals surface area contributed by atoms with Gasteiger partial charge < -0.3 is 5.32 Å². The molecule has 1 aromatic carbocycles. The maximum absolute atomic E-state index is 13.2. The van der Waals surface area contributed by atoms with Crippen molar-refractivity contribution in [1.29, 1.82) is 0 Å². The summed E-state index contributed by atoms with van der Waals surface area (Å²) in [4.78, 5) is 39.5. The van der Waals surface area contributed by atoms with E-state index in [1.807, 2.05) is 0 Å². The number of benzene rings is 1. The largest absolute Gasteiger partial charge is 0.344 e. The molecular weight excluding hydrogens is 453 g/mol. The standard InChI is InChI=1S/C21H28FN5O5S/c22-16-5-7-17(8-6-16)33(31,32)26-12-4-11-25(13-14-26)15-18(28)24-27-19(29)21(23-20(27)30)9-2-1-3-10-21/h5-8H,1-4,9-15H2,(H,23,30)(H,24,28). The minimum absolute atomic E-state index is 0.0188. The van der Waals surface area contributed by atoms with Crippen molar-refractivity contribution >= 4 is 27.9 Å². The first-order chi connectivity index (χ1) is 15.7. The highest BCUT2D eigenvalue weighted by Gasteiger charge is 2.52. The number of halogens is 1. The summed E-state index contributed by atoms with van der Waals surface area (Å²) in [7, 11) is -3.77. The third kappa shape index (κ3) is 4.87. The summed E-state index contributed by atoms with van der Waals surface area (Å²) in [5, 5.41) is 3.52. The molecule has 0 aromatic heterocycles. The predicted octanol–water partition coefficient (Wildman–Crippen LogP) is 0.808. The number of carbonyl (C=O) groups is 3. The van der Waals surface area contributed by atoms with Crippen LogP contribution in [0.5, 0.6) is 0 Å². The van der Waals surface area contributed by atoms with Crippen molar-refractivity contribution in [2.45, 2.75) is 49.0 Å². The molecule has 2 saturated heterocycles. The molecule has 0 radical (unpaired) electrons. The Morgan fingerprint density at radius 3 is 2.39 bits per heavy atom. The smallest absolute Gasteiger partial charge is 0.322 e. The van der Waals surface area contributed by atoms with Gasteiger partial charge in [-0.2, -0.15) is 9.31 Å². The van der Waals surface area contributed by atoms with Gasteiger partial charge in [0.25, 0.3) is 11.8 Å². The molecule has 4 rings (SSSR count). The third-order valence-electron chi connectivity index (χ3n) is 6.47. The van der Waals surface area contributed by atoms with Crippen LogP contribution in [0.25, 0.3) is 0 Å². The van der Waals surface area contributed by atoms with Gasteiger partial charge >= 0.3 is 6.03 Å². The van der Waals surface area contributed by atoms with Crippen LogP contribution < -0.4 is 10.7 Å². The first-order valence-electron chi connectivity index (χ1n) is 11.2. The van der Waals surface area contributed by atoms with E-state index in [1.54, 1.807) is 4.90 Å². The van der Waals surface area contributed by atoms with Crippen molar-refractivity contribution in [3.63, 3.8) is 0 Å². The van der Waals surface area contributed by atoms with Gasteiger partial charge in [0.1, 0.15) is 11.4 Å². The number of urea groups is 1. The minimum atomic E-state index is -3.77. The summed E-state index contributed by atoms with van der Waals surface area (Å²) < 4.78 is 40.2. The van der Waals surface area contributed by atoms with Crippen molar-refractivity contribution in [1.82, 2.24) is 25.0 Å². The van der Waals surface area contributed by atoms with Crippen LogP contribution in [0.4, 0.5) is 9.18 Å². The zero-order valence-corrected chi connectivity index (χ0v) is 19.1. The Balaban J connectivity index is 1.33. The second-order valence-corrected chi connectivity index (χ2v) is 10.7. The summed E-state index contributed by atoms with van der Waals surface area (Å²) in [6.07, 6.45) is 4.33. The molecule has 3 aliphatic rings. The van der Waals surface area contributed by atoms with Crippen LogP contribution in [0.15, 0.2) is 29.2 Å². The van der Waals surface area contributed by atoms with E-state index >= 15 is 0 Å². The number of hydrazine groups is 1. The molecule has 3 fully saturated rings. The summed E-state index contributed by atoms with van der Waals surface area (Å²) in [5.41, 5.74) is 1.50. The minimum Gasteiger partial charge on any atom is -0.322 e. The second-order valence-electron chi connectivity index (χ2n) is 8.74. The Morgan fingerprint density at radius 1 is 1.00 bits per heavy atom. The van der Waals surface area contributed by atoms with Crippen molar-refractivity contribution < 1.29 is 27.2 Å². The molecule has 1 aliphatic carbocycles. The predicted molar refractivity (Wildman–Crippen MR) is 116 cm³/mol. The lowest BCUT2D eigenvalue weighted by molar-refractivity contribution is -0.140. The van der Waals surface area contributed by atoms with E-state index in [-0.39, 0.29) is 24.5 Å². The van der Waals surface area contributed by atoms with E-state index in [0.29, 0.717) is 32.4 Å². The molecule has 2 N–H and O–H groups in total. The molecule has 2 aliphatic heterocycles. The number of imide groups is 1. The number of hydrogen-bond donors (Lipinski definition) is 2. The lowest BCUT2D eigenvalue weighted by Gasteiger charge is -2.30. The van der Waals surface area contributed by atoms with Gasteiger partial charge in [0, 0.05) is 19.6 Å². The maximum atomic E-state index is 13.2. The van der Waals surface area contributed by atoms with E-state index < -0.39 is 39.2 Å². The van der Waals surface area contributed by atoms with E-state index in [1.165, 1.54) is 16.4 Å². The van der Waals surface area contributed by atoms with Crippen molar-refractivity contribution in [3.05, 3.63) is 30.1 Å². The molecule has 4 amide bonds. The number of carbonyl (C=O) groups excluding carboxylic acids is 3. The number of nitrogens with one attached hydrogen (secondary N) is 2. The Labute approximate surface area is 192 Å². The first-order valence-corrected chi connectivity index (χ1v) is 12.6. The molecule has 33 heavy (non-hydrogen) atoms. The third-order valence-corrected chi connectivity index (χ3v) is 8.38. The SMILES string of the molecule is O=C(CN1CCCN(S(=O)(=O)c2ccc(F)cc2)CC1)NN1C(=O)NC2(CCCCC2)C1=O. The van der Waals surface area contributed by atoms with Crippen LogP contribution in [0.2, 0.25) is 0 Å². The van der Waals surface area contributed by atoms with Crippen molar-refractivity contribution in [2.75, 3.05) is 32.7 Å². The fourth-order valence-electron chi connectivity index (χ4n) is 4.68. The van der Waals surface area contributed by atoms with Gasteiger partial charge in [-0.15, -0.1) is 0 Å². The molecule has 1 saturated carbocycles. The topological polar surface area (TPSA) is 119 Å². The molecule has 2 heterocycles. The van der Waals surface area contributed by atoms with Gasteiger partial charge in [0.15, 0.2) is 0 Å². The molecule has 10 nitrogen and oxygen atoms in total. The number of rotatable bonds is 5. The van der Waals surface area contributed by atoms with Crippen LogP contribution in [-0.4, -0.2) is 78.7 Å². The monoisotopic (exact) mass is 481 g/mol.